The number of aryl methyl sites for hydroxylation is 1. The molecule has 3 aromatic carbocycles. The van der Waals surface area contributed by atoms with E-state index in [1.165, 1.54) is 0 Å². The topological polar surface area (TPSA) is 86.1 Å². The molecule has 0 unspecified atom stereocenters. The number of nitrogens with zero attached hydrogens (tertiary/aromatic N) is 3. The molecule has 0 aliphatic rings. The van der Waals surface area contributed by atoms with Gasteiger partial charge in [-0.05, 0) is 66.6 Å². The second-order valence-electron chi connectivity index (χ2n) is 7.82. The van der Waals surface area contributed by atoms with E-state index >= 15 is 0 Å². The SMILES string of the molecule is Cc1nc(Oc2ccc(NS(=O)(=O)c3ccc(-c4ccccc4)cc3)cc2)cc(-n2cccc2)n1. The van der Waals surface area contributed by atoms with E-state index in [-0.39, 0.29) is 4.90 Å². The lowest BCUT2D eigenvalue weighted by Gasteiger charge is -2.11. The number of benzene rings is 3. The first-order valence-corrected chi connectivity index (χ1v) is 12.4. The minimum absolute atomic E-state index is 0.187. The second kappa shape index (κ2) is 9.44. The Morgan fingerprint density at radius 3 is 2.11 bits per heavy atom. The number of aromatic nitrogens is 3. The maximum atomic E-state index is 12.9. The lowest BCUT2D eigenvalue weighted by Crippen LogP contribution is -2.12. The minimum atomic E-state index is -3.73. The summed E-state index contributed by atoms with van der Waals surface area (Å²) in [6, 6.07) is 28.8. The van der Waals surface area contributed by atoms with E-state index in [1.807, 2.05) is 59.4 Å². The minimum Gasteiger partial charge on any atom is -0.439 e. The molecule has 8 heteroatoms. The van der Waals surface area contributed by atoms with Gasteiger partial charge < -0.3 is 9.30 Å². The van der Waals surface area contributed by atoms with Crippen LogP contribution in [0.2, 0.25) is 0 Å². The van der Waals surface area contributed by atoms with Gasteiger partial charge in [0, 0.05) is 24.1 Å². The predicted molar refractivity (Wildman–Crippen MR) is 135 cm³/mol. The van der Waals surface area contributed by atoms with Crippen molar-refractivity contribution in [2.45, 2.75) is 11.8 Å². The van der Waals surface area contributed by atoms with Gasteiger partial charge in [-0.1, -0.05) is 42.5 Å². The Morgan fingerprint density at radius 2 is 1.43 bits per heavy atom. The zero-order valence-corrected chi connectivity index (χ0v) is 19.7. The van der Waals surface area contributed by atoms with E-state index in [2.05, 4.69) is 14.7 Å². The lowest BCUT2D eigenvalue weighted by molar-refractivity contribution is 0.459. The Hall–Kier alpha value is -4.43. The van der Waals surface area contributed by atoms with Crippen LogP contribution in [-0.2, 0) is 10.0 Å². The maximum absolute atomic E-state index is 12.9. The Morgan fingerprint density at radius 1 is 0.771 bits per heavy atom. The zero-order valence-electron chi connectivity index (χ0n) is 18.9. The molecule has 1 N–H and O–H groups in total. The summed E-state index contributed by atoms with van der Waals surface area (Å²) < 4.78 is 36.1. The number of anilines is 1. The van der Waals surface area contributed by atoms with Crippen molar-refractivity contribution in [3.63, 3.8) is 0 Å². The summed E-state index contributed by atoms with van der Waals surface area (Å²) in [5, 5.41) is 0. The average molecular weight is 483 g/mol. The van der Waals surface area contributed by atoms with Crippen LogP contribution in [0.3, 0.4) is 0 Å². The maximum Gasteiger partial charge on any atom is 0.261 e. The van der Waals surface area contributed by atoms with E-state index in [1.54, 1.807) is 61.5 Å². The molecule has 0 saturated heterocycles. The van der Waals surface area contributed by atoms with E-state index in [0.29, 0.717) is 29.0 Å². The van der Waals surface area contributed by atoms with Crippen molar-refractivity contribution < 1.29 is 13.2 Å². The van der Waals surface area contributed by atoms with Crippen LogP contribution < -0.4 is 9.46 Å². The van der Waals surface area contributed by atoms with Crippen LogP contribution >= 0.6 is 0 Å². The quantitative estimate of drug-likeness (QED) is 0.315. The van der Waals surface area contributed by atoms with Crippen molar-refractivity contribution >= 4 is 15.7 Å². The second-order valence-corrected chi connectivity index (χ2v) is 9.51. The fourth-order valence-corrected chi connectivity index (χ4v) is 4.64. The van der Waals surface area contributed by atoms with Crippen molar-refractivity contribution in [2.75, 3.05) is 4.72 Å². The van der Waals surface area contributed by atoms with E-state index in [4.69, 9.17) is 4.74 Å². The molecule has 0 aliphatic carbocycles. The lowest BCUT2D eigenvalue weighted by atomic mass is 10.1. The van der Waals surface area contributed by atoms with Gasteiger partial charge in [-0.15, -0.1) is 0 Å². The van der Waals surface area contributed by atoms with Gasteiger partial charge >= 0.3 is 0 Å². The highest BCUT2D eigenvalue weighted by Gasteiger charge is 2.14. The fourth-order valence-electron chi connectivity index (χ4n) is 3.58. The molecule has 0 radical (unpaired) electrons. The molecule has 0 bridgehead atoms. The summed E-state index contributed by atoms with van der Waals surface area (Å²) in [6.45, 7) is 1.80. The molecular formula is C27H22N4O3S. The summed E-state index contributed by atoms with van der Waals surface area (Å²) in [6.07, 6.45) is 3.78. The molecule has 5 aromatic rings. The predicted octanol–water partition coefficient (Wildman–Crippen LogP) is 5.84. The summed E-state index contributed by atoms with van der Waals surface area (Å²) in [4.78, 5) is 8.94. The van der Waals surface area contributed by atoms with Gasteiger partial charge in [-0.3, -0.25) is 4.72 Å². The third kappa shape index (κ3) is 5.23. The van der Waals surface area contributed by atoms with Crippen LogP contribution in [0.4, 0.5) is 5.69 Å². The van der Waals surface area contributed by atoms with Gasteiger partial charge in [0.25, 0.3) is 10.0 Å². The van der Waals surface area contributed by atoms with E-state index in [9.17, 15) is 8.42 Å². The first-order valence-electron chi connectivity index (χ1n) is 10.9. The van der Waals surface area contributed by atoms with Gasteiger partial charge in [0.15, 0.2) is 0 Å². The van der Waals surface area contributed by atoms with Crippen LogP contribution in [0.25, 0.3) is 16.9 Å². The smallest absolute Gasteiger partial charge is 0.261 e. The van der Waals surface area contributed by atoms with Crippen molar-refractivity contribution in [3.05, 3.63) is 115 Å². The normalized spacial score (nSPS) is 11.2. The fraction of sp³-hybridized carbons (Fsp3) is 0.0370. The van der Waals surface area contributed by atoms with Gasteiger partial charge in [0.05, 0.1) is 4.90 Å². The first kappa shape index (κ1) is 22.4. The third-order valence-electron chi connectivity index (χ3n) is 5.27. The summed E-state index contributed by atoms with van der Waals surface area (Å²) in [7, 11) is -3.73. The number of nitrogens with one attached hydrogen (secondary N) is 1. The van der Waals surface area contributed by atoms with Gasteiger partial charge in [0.1, 0.15) is 17.4 Å². The van der Waals surface area contributed by atoms with Crippen molar-refractivity contribution in [3.8, 4) is 28.6 Å². The van der Waals surface area contributed by atoms with Crippen LogP contribution in [0, 0.1) is 6.92 Å². The van der Waals surface area contributed by atoms with E-state index < -0.39 is 10.0 Å². The first-order chi connectivity index (χ1) is 17.0. The molecule has 35 heavy (non-hydrogen) atoms. The van der Waals surface area contributed by atoms with Gasteiger partial charge in [0.2, 0.25) is 5.88 Å². The number of ether oxygens (including phenoxy) is 1. The van der Waals surface area contributed by atoms with Crippen LogP contribution in [-0.4, -0.2) is 23.0 Å². The molecule has 0 amide bonds. The Balaban J connectivity index is 1.29. The zero-order chi connectivity index (χ0) is 24.3. The molecule has 2 heterocycles. The van der Waals surface area contributed by atoms with Crippen LogP contribution in [0.5, 0.6) is 11.6 Å². The van der Waals surface area contributed by atoms with Crippen LogP contribution in [0.1, 0.15) is 5.82 Å². The van der Waals surface area contributed by atoms with Crippen molar-refractivity contribution in [2.24, 2.45) is 0 Å². The standard InChI is InChI=1S/C27H22N4O3S/c1-20-28-26(31-17-5-6-18-31)19-27(29-20)34-24-13-11-23(12-14-24)30-35(32,33)25-15-9-22(10-16-25)21-7-3-2-4-8-21/h2-19,30H,1H3. The molecule has 2 aromatic heterocycles. The monoisotopic (exact) mass is 482 g/mol. The molecule has 0 aliphatic heterocycles. The third-order valence-corrected chi connectivity index (χ3v) is 6.67. The van der Waals surface area contributed by atoms with Crippen molar-refractivity contribution in [1.29, 1.82) is 0 Å². The Bertz CT molecular complexity index is 1530. The molecule has 0 fully saturated rings. The number of sulfonamides is 1. The Kier molecular flexibility index (Phi) is 6.03. The van der Waals surface area contributed by atoms with Crippen LogP contribution in [0.15, 0.2) is 114 Å². The highest BCUT2D eigenvalue weighted by Crippen LogP contribution is 2.26. The molecular weight excluding hydrogens is 460 g/mol. The van der Waals surface area contributed by atoms with Gasteiger partial charge in [-0.25, -0.2) is 13.4 Å². The molecule has 0 saturated carbocycles. The Labute approximate surface area is 203 Å². The summed E-state index contributed by atoms with van der Waals surface area (Å²) >= 11 is 0. The van der Waals surface area contributed by atoms with E-state index in [0.717, 1.165) is 11.1 Å². The largest absolute Gasteiger partial charge is 0.439 e. The van der Waals surface area contributed by atoms with Gasteiger partial charge in [-0.2, -0.15) is 4.98 Å². The highest BCUT2D eigenvalue weighted by atomic mass is 32.2. The molecule has 5 rings (SSSR count). The molecule has 7 nitrogen and oxygen atoms in total. The average Bonchev–Trinajstić information content (AvgIpc) is 3.41. The summed E-state index contributed by atoms with van der Waals surface area (Å²) in [5.41, 5.74) is 2.40. The highest BCUT2D eigenvalue weighted by molar-refractivity contribution is 7.92. The number of hydrogen-bond donors (Lipinski definition) is 1. The summed E-state index contributed by atoms with van der Waals surface area (Å²) in [5.74, 6) is 2.19. The van der Waals surface area contributed by atoms with Crippen molar-refractivity contribution in [1.82, 2.24) is 14.5 Å². The molecule has 174 valence electrons. The molecule has 0 spiro atoms. The number of hydrogen-bond acceptors (Lipinski definition) is 5. The number of rotatable bonds is 7. The molecule has 0 atom stereocenters.